The van der Waals surface area contributed by atoms with E-state index in [0.29, 0.717) is 37.1 Å². The van der Waals surface area contributed by atoms with Crippen LogP contribution in [0.1, 0.15) is 51.4 Å². The number of likely N-dealkylation sites (tertiary alicyclic amines) is 1. The van der Waals surface area contributed by atoms with E-state index in [2.05, 4.69) is 0 Å². The van der Waals surface area contributed by atoms with Gasteiger partial charge < -0.3 is 20.8 Å². The van der Waals surface area contributed by atoms with E-state index in [1.165, 1.54) is 0 Å². The summed E-state index contributed by atoms with van der Waals surface area (Å²) in [5.41, 5.74) is 4.47. The average molecular weight is 343 g/mol. The summed E-state index contributed by atoms with van der Waals surface area (Å²) >= 11 is 0. The molecule has 6 heteroatoms. The van der Waals surface area contributed by atoms with Gasteiger partial charge in [-0.2, -0.15) is 0 Å². The Morgan fingerprint density at radius 3 is 2.26 bits per heavy atom. The molecule has 1 heterocycles. The Hall–Kier alpha value is -0.360. The lowest BCUT2D eigenvalue weighted by molar-refractivity contribution is -0.234. The van der Waals surface area contributed by atoms with E-state index in [-0.39, 0.29) is 18.3 Å². The van der Waals surface area contributed by atoms with Crippen LogP contribution in [0.25, 0.3) is 0 Å². The van der Waals surface area contributed by atoms with Crippen molar-refractivity contribution in [2.45, 2.75) is 74.7 Å². The van der Waals surface area contributed by atoms with E-state index < -0.39 is 22.7 Å². The quantitative estimate of drug-likeness (QED) is 0.693. The van der Waals surface area contributed by atoms with Gasteiger partial charge in [0.25, 0.3) is 0 Å². The smallest absolute Gasteiger partial charge is 0.240 e. The molecule has 1 aliphatic heterocycles. The van der Waals surface area contributed by atoms with Gasteiger partial charge >= 0.3 is 0 Å². The Morgan fingerprint density at radius 1 is 1.13 bits per heavy atom. The predicted octanol–water partition coefficient (Wildman–Crippen LogP) is 0.802. The molecule has 0 aromatic heterocycles. The SMILES string of the molecule is Cl.NC(C(=O)N1CC[C@@H]2CC21)C12CC3CC(O)(CC(O)(C3)C1)C2. The van der Waals surface area contributed by atoms with Crippen LogP contribution in [-0.2, 0) is 4.79 Å². The molecule has 0 aromatic carbocycles. The van der Waals surface area contributed by atoms with Gasteiger partial charge in [0.15, 0.2) is 0 Å². The number of carbonyl (C=O) groups is 1. The van der Waals surface area contributed by atoms with Gasteiger partial charge in [-0.3, -0.25) is 4.79 Å². The minimum atomic E-state index is -0.806. The molecule has 0 spiro atoms. The third-order valence-corrected chi connectivity index (χ3v) is 7.29. The molecular weight excluding hydrogens is 316 g/mol. The Kier molecular flexibility index (Phi) is 3.24. The molecule has 0 aromatic rings. The molecule has 4 N–H and O–H groups in total. The van der Waals surface area contributed by atoms with Crippen LogP contribution in [0.5, 0.6) is 0 Å². The molecular formula is C17H27ClN2O3. The van der Waals surface area contributed by atoms with E-state index in [4.69, 9.17) is 5.73 Å². The first-order valence-electron chi connectivity index (χ1n) is 8.82. The molecule has 130 valence electrons. The highest BCUT2D eigenvalue weighted by atomic mass is 35.5. The maximum absolute atomic E-state index is 12.9. The summed E-state index contributed by atoms with van der Waals surface area (Å²) in [5, 5.41) is 21.7. The first kappa shape index (κ1) is 16.1. The lowest BCUT2D eigenvalue weighted by Crippen LogP contribution is -2.69. The second-order valence-corrected chi connectivity index (χ2v) is 9.18. The first-order valence-corrected chi connectivity index (χ1v) is 8.82. The van der Waals surface area contributed by atoms with Gasteiger partial charge in [0.1, 0.15) is 0 Å². The van der Waals surface area contributed by atoms with Crippen molar-refractivity contribution in [1.82, 2.24) is 4.90 Å². The number of nitrogens with zero attached hydrogens (tertiary/aromatic N) is 1. The molecule has 5 nitrogen and oxygen atoms in total. The van der Waals surface area contributed by atoms with E-state index in [0.717, 1.165) is 38.6 Å². The van der Waals surface area contributed by atoms with Crippen LogP contribution in [0.3, 0.4) is 0 Å². The number of rotatable bonds is 2. The lowest BCUT2D eigenvalue weighted by atomic mass is 9.44. The molecule has 5 aliphatic carbocycles. The molecule has 6 fully saturated rings. The van der Waals surface area contributed by atoms with Crippen LogP contribution in [0.4, 0.5) is 0 Å². The second kappa shape index (κ2) is 4.63. The number of aliphatic hydroxyl groups is 2. The Labute approximate surface area is 143 Å². The van der Waals surface area contributed by atoms with Crippen LogP contribution in [-0.4, -0.2) is 50.9 Å². The number of halogens is 1. The maximum Gasteiger partial charge on any atom is 0.240 e. The average Bonchev–Trinajstić information content (AvgIpc) is 3.04. The van der Waals surface area contributed by atoms with Crippen LogP contribution in [0.15, 0.2) is 0 Å². The molecule has 23 heavy (non-hydrogen) atoms. The van der Waals surface area contributed by atoms with Gasteiger partial charge in [-0.15, -0.1) is 12.4 Å². The minimum Gasteiger partial charge on any atom is -0.390 e. The summed E-state index contributed by atoms with van der Waals surface area (Å²) in [6, 6.07) is -0.132. The predicted molar refractivity (Wildman–Crippen MR) is 87.0 cm³/mol. The summed E-state index contributed by atoms with van der Waals surface area (Å²) in [6.45, 7) is 0.843. The largest absolute Gasteiger partial charge is 0.390 e. The van der Waals surface area contributed by atoms with Gasteiger partial charge in [-0.25, -0.2) is 0 Å². The highest BCUT2D eigenvalue weighted by Crippen LogP contribution is 2.64. The number of piperidine rings is 1. The normalized spacial score (nSPS) is 53.7. The van der Waals surface area contributed by atoms with Crippen molar-refractivity contribution in [3.05, 3.63) is 0 Å². The Bertz CT molecular complexity index is 538. The standard InChI is InChI=1S/C17H26N2O3.ClH/c18-13(14(20)19-2-1-11-3-12(11)19)15-4-10-5-16(21,7-15)9-17(22,6-10)8-15;/h10-13,21-22H,1-9,18H2;1H/t10?,11-,12?,13?,15?,16?,17?;/m1./s1. The molecule has 5 atom stereocenters. The monoisotopic (exact) mass is 342 g/mol. The van der Waals surface area contributed by atoms with Gasteiger partial charge in [0.2, 0.25) is 5.91 Å². The van der Waals surface area contributed by atoms with Gasteiger partial charge in [0, 0.05) is 24.4 Å². The van der Waals surface area contributed by atoms with Gasteiger partial charge in [-0.1, -0.05) is 0 Å². The fourth-order valence-corrected chi connectivity index (χ4v) is 6.87. The molecule has 4 unspecified atom stereocenters. The highest BCUT2D eigenvalue weighted by Gasteiger charge is 2.65. The summed E-state index contributed by atoms with van der Waals surface area (Å²) in [5.74, 6) is 1.09. The Balaban J connectivity index is 0.00000135. The van der Waals surface area contributed by atoms with Crippen LogP contribution < -0.4 is 5.73 Å². The molecule has 4 bridgehead atoms. The van der Waals surface area contributed by atoms with E-state index in [1.807, 2.05) is 4.90 Å². The molecule has 0 radical (unpaired) electrons. The third-order valence-electron chi connectivity index (χ3n) is 7.29. The first-order chi connectivity index (χ1) is 10.3. The van der Waals surface area contributed by atoms with Crippen molar-refractivity contribution >= 4 is 18.3 Å². The number of hydrogen-bond donors (Lipinski definition) is 3. The number of amides is 1. The van der Waals surface area contributed by atoms with Crippen LogP contribution in [0.2, 0.25) is 0 Å². The van der Waals surface area contributed by atoms with E-state index in [9.17, 15) is 15.0 Å². The molecule has 5 saturated carbocycles. The molecule has 1 saturated heterocycles. The maximum atomic E-state index is 12.9. The zero-order valence-corrected chi connectivity index (χ0v) is 14.2. The van der Waals surface area contributed by atoms with E-state index in [1.54, 1.807) is 0 Å². The summed E-state index contributed by atoms with van der Waals surface area (Å²) in [6.07, 6.45) is 6.34. The molecule has 6 aliphatic rings. The Morgan fingerprint density at radius 2 is 1.78 bits per heavy atom. The second-order valence-electron chi connectivity index (χ2n) is 9.18. The lowest BCUT2D eigenvalue weighted by Gasteiger charge is -2.64. The third kappa shape index (κ3) is 2.20. The number of hydrogen-bond acceptors (Lipinski definition) is 4. The summed E-state index contributed by atoms with van der Waals surface area (Å²) < 4.78 is 0. The summed E-state index contributed by atoms with van der Waals surface area (Å²) in [7, 11) is 0. The van der Waals surface area contributed by atoms with Crippen molar-refractivity contribution in [2.75, 3.05) is 6.54 Å². The van der Waals surface area contributed by atoms with Crippen molar-refractivity contribution < 1.29 is 15.0 Å². The van der Waals surface area contributed by atoms with Crippen LogP contribution >= 0.6 is 12.4 Å². The number of carbonyl (C=O) groups excluding carboxylic acids is 1. The topological polar surface area (TPSA) is 86.8 Å². The van der Waals surface area contributed by atoms with Gasteiger partial charge in [-0.05, 0) is 56.8 Å². The number of nitrogens with two attached hydrogens (primary N) is 1. The minimum absolute atomic E-state index is 0. The highest BCUT2D eigenvalue weighted by molar-refractivity contribution is 5.85. The fourth-order valence-electron chi connectivity index (χ4n) is 6.87. The molecule has 6 rings (SSSR count). The van der Waals surface area contributed by atoms with Crippen molar-refractivity contribution in [2.24, 2.45) is 23.0 Å². The van der Waals surface area contributed by atoms with E-state index >= 15 is 0 Å². The van der Waals surface area contributed by atoms with Gasteiger partial charge in [0.05, 0.1) is 17.2 Å². The zero-order chi connectivity index (χ0) is 15.3. The van der Waals surface area contributed by atoms with Crippen molar-refractivity contribution in [1.29, 1.82) is 0 Å². The summed E-state index contributed by atoms with van der Waals surface area (Å²) in [4.78, 5) is 14.9. The van der Waals surface area contributed by atoms with Crippen molar-refractivity contribution in [3.63, 3.8) is 0 Å². The zero-order valence-electron chi connectivity index (χ0n) is 13.4. The molecule has 1 amide bonds. The number of fused-ring (bicyclic) bond motifs is 1. The van der Waals surface area contributed by atoms with Crippen molar-refractivity contribution in [3.8, 4) is 0 Å². The fraction of sp³-hybridized carbons (Fsp3) is 0.941. The van der Waals surface area contributed by atoms with Crippen LogP contribution in [0, 0.1) is 17.3 Å².